The number of anilines is 1. The van der Waals surface area contributed by atoms with Gasteiger partial charge in [-0.15, -0.1) is 0 Å². The van der Waals surface area contributed by atoms with Crippen LogP contribution in [0.2, 0.25) is 0 Å². The third-order valence-corrected chi connectivity index (χ3v) is 6.35. The zero-order chi connectivity index (χ0) is 19.5. The predicted octanol–water partition coefficient (Wildman–Crippen LogP) is 3.28. The molecule has 0 aliphatic heterocycles. The van der Waals surface area contributed by atoms with Crippen LogP contribution in [0, 0.1) is 13.8 Å². The van der Waals surface area contributed by atoms with E-state index in [1.807, 2.05) is 13.0 Å². The Labute approximate surface area is 153 Å². The fourth-order valence-corrected chi connectivity index (χ4v) is 4.01. The SMILES string of the molecule is COc1ccc(S(=O)(=O)C(C)CNc2c(C)cc(C)cc2C(=O)O)cc1. The fourth-order valence-electron chi connectivity index (χ4n) is 2.72. The minimum atomic E-state index is -3.55. The van der Waals surface area contributed by atoms with Crippen molar-refractivity contribution < 1.29 is 23.1 Å². The molecule has 0 radical (unpaired) electrons. The van der Waals surface area contributed by atoms with Crippen LogP contribution in [-0.4, -0.2) is 38.4 Å². The van der Waals surface area contributed by atoms with Crippen LogP contribution < -0.4 is 10.1 Å². The van der Waals surface area contributed by atoms with E-state index < -0.39 is 21.1 Å². The van der Waals surface area contributed by atoms with Gasteiger partial charge in [-0.3, -0.25) is 0 Å². The van der Waals surface area contributed by atoms with Gasteiger partial charge in [0.2, 0.25) is 0 Å². The van der Waals surface area contributed by atoms with Gasteiger partial charge in [-0.25, -0.2) is 13.2 Å². The molecular weight excluding hydrogens is 354 g/mol. The van der Waals surface area contributed by atoms with Crippen LogP contribution in [0.15, 0.2) is 41.3 Å². The summed E-state index contributed by atoms with van der Waals surface area (Å²) in [6.45, 7) is 5.31. The average Bonchev–Trinajstić information content (AvgIpc) is 2.59. The number of hydrogen-bond donors (Lipinski definition) is 2. The van der Waals surface area contributed by atoms with E-state index in [2.05, 4.69) is 5.32 Å². The number of hydrogen-bond acceptors (Lipinski definition) is 5. The highest BCUT2D eigenvalue weighted by Crippen LogP contribution is 2.25. The van der Waals surface area contributed by atoms with Gasteiger partial charge in [0.1, 0.15) is 5.75 Å². The van der Waals surface area contributed by atoms with E-state index in [1.165, 1.54) is 19.2 Å². The molecule has 0 saturated heterocycles. The van der Waals surface area contributed by atoms with E-state index in [4.69, 9.17) is 4.74 Å². The molecule has 0 aliphatic carbocycles. The van der Waals surface area contributed by atoms with Crippen LogP contribution in [0.4, 0.5) is 5.69 Å². The van der Waals surface area contributed by atoms with Crippen molar-refractivity contribution in [3.63, 3.8) is 0 Å². The third-order valence-electron chi connectivity index (χ3n) is 4.19. The van der Waals surface area contributed by atoms with Gasteiger partial charge in [-0.05, 0) is 62.2 Å². The molecule has 2 N–H and O–H groups in total. The second-order valence-electron chi connectivity index (χ2n) is 6.22. The topological polar surface area (TPSA) is 92.7 Å². The second-order valence-corrected chi connectivity index (χ2v) is 8.59. The van der Waals surface area contributed by atoms with Gasteiger partial charge < -0.3 is 15.2 Å². The van der Waals surface area contributed by atoms with Crippen molar-refractivity contribution in [2.24, 2.45) is 0 Å². The molecule has 140 valence electrons. The Bertz CT molecular complexity index is 904. The van der Waals surface area contributed by atoms with E-state index in [0.29, 0.717) is 11.4 Å². The monoisotopic (exact) mass is 377 g/mol. The Morgan fingerprint density at radius 3 is 2.35 bits per heavy atom. The number of carboxylic acid groups (broad SMARTS) is 1. The fraction of sp³-hybridized carbons (Fsp3) is 0.316. The minimum Gasteiger partial charge on any atom is -0.497 e. The maximum absolute atomic E-state index is 12.7. The van der Waals surface area contributed by atoms with Gasteiger partial charge in [-0.1, -0.05) is 6.07 Å². The first-order valence-electron chi connectivity index (χ1n) is 8.13. The minimum absolute atomic E-state index is 0.0958. The summed E-state index contributed by atoms with van der Waals surface area (Å²) >= 11 is 0. The molecule has 0 amide bonds. The summed E-state index contributed by atoms with van der Waals surface area (Å²) in [4.78, 5) is 11.7. The number of ether oxygens (including phenoxy) is 1. The highest BCUT2D eigenvalue weighted by atomic mass is 32.2. The summed E-state index contributed by atoms with van der Waals surface area (Å²) in [5, 5.41) is 11.7. The lowest BCUT2D eigenvalue weighted by Crippen LogP contribution is -2.27. The number of aryl methyl sites for hydroxylation is 2. The largest absolute Gasteiger partial charge is 0.497 e. The Kier molecular flexibility index (Phi) is 5.92. The van der Waals surface area contributed by atoms with Crippen molar-refractivity contribution in [3.05, 3.63) is 53.1 Å². The van der Waals surface area contributed by atoms with Crippen LogP contribution in [0.1, 0.15) is 28.4 Å². The third kappa shape index (κ3) is 4.16. The van der Waals surface area contributed by atoms with Crippen molar-refractivity contribution in [2.75, 3.05) is 19.0 Å². The summed E-state index contributed by atoms with van der Waals surface area (Å²) in [6.07, 6.45) is 0. The van der Waals surface area contributed by atoms with Crippen molar-refractivity contribution in [1.82, 2.24) is 0 Å². The first-order valence-corrected chi connectivity index (χ1v) is 9.67. The lowest BCUT2D eigenvalue weighted by atomic mass is 10.0. The molecule has 2 rings (SSSR count). The van der Waals surface area contributed by atoms with Crippen molar-refractivity contribution in [1.29, 1.82) is 0 Å². The van der Waals surface area contributed by atoms with Crippen LogP contribution in [0.5, 0.6) is 5.75 Å². The molecule has 0 saturated carbocycles. The lowest BCUT2D eigenvalue weighted by Gasteiger charge is -2.18. The van der Waals surface area contributed by atoms with E-state index in [9.17, 15) is 18.3 Å². The molecule has 0 heterocycles. The number of nitrogens with one attached hydrogen (secondary N) is 1. The van der Waals surface area contributed by atoms with E-state index in [-0.39, 0.29) is 17.0 Å². The highest BCUT2D eigenvalue weighted by Gasteiger charge is 2.24. The maximum atomic E-state index is 12.7. The van der Waals surface area contributed by atoms with Gasteiger partial charge in [0.05, 0.1) is 28.5 Å². The van der Waals surface area contributed by atoms with Gasteiger partial charge >= 0.3 is 5.97 Å². The molecule has 2 aromatic carbocycles. The first-order chi connectivity index (χ1) is 12.2. The lowest BCUT2D eigenvalue weighted by molar-refractivity contribution is 0.0697. The number of aromatic carboxylic acids is 1. The molecule has 6 nitrogen and oxygen atoms in total. The molecule has 0 fully saturated rings. The summed E-state index contributed by atoms with van der Waals surface area (Å²) in [6, 6.07) is 9.63. The summed E-state index contributed by atoms with van der Waals surface area (Å²) < 4.78 is 30.5. The first kappa shape index (κ1) is 19.8. The number of carbonyl (C=O) groups is 1. The Morgan fingerprint density at radius 2 is 1.81 bits per heavy atom. The molecule has 0 spiro atoms. The number of methoxy groups -OCH3 is 1. The Morgan fingerprint density at radius 1 is 1.19 bits per heavy atom. The summed E-state index contributed by atoms with van der Waals surface area (Å²) in [5.41, 5.74) is 2.18. The van der Waals surface area contributed by atoms with Crippen molar-refractivity contribution in [2.45, 2.75) is 30.9 Å². The summed E-state index contributed by atoms with van der Waals surface area (Å²) in [5.74, 6) is -0.471. The smallest absolute Gasteiger partial charge is 0.337 e. The Balaban J connectivity index is 2.22. The highest BCUT2D eigenvalue weighted by molar-refractivity contribution is 7.92. The van der Waals surface area contributed by atoms with Gasteiger partial charge in [0.15, 0.2) is 9.84 Å². The molecule has 7 heteroatoms. The zero-order valence-corrected chi connectivity index (χ0v) is 16.1. The number of carboxylic acids is 1. The number of sulfone groups is 1. The van der Waals surface area contributed by atoms with Crippen molar-refractivity contribution >= 4 is 21.5 Å². The van der Waals surface area contributed by atoms with Crippen LogP contribution in [0.3, 0.4) is 0 Å². The summed E-state index contributed by atoms with van der Waals surface area (Å²) in [7, 11) is -2.04. The number of rotatable bonds is 7. The van der Waals surface area contributed by atoms with Crippen LogP contribution >= 0.6 is 0 Å². The molecule has 2 aromatic rings. The molecular formula is C19H23NO5S. The van der Waals surface area contributed by atoms with Crippen molar-refractivity contribution in [3.8, 4) is 5.75 Å². The normalized spacial score (nSPS) is 12.5. The van der Waals surface area contributed by atoms with Gasteiger partial charge in [0, 0.05) is 6.54 Å². The van der Waals surface area contributed by atoms with Crippen LogP contribution in [-0.2, 0) is 9.84 Å². The molecule has 0 bridgehead atoms. The van der Waals surface area contributed by atoms with Gasteiger partial charge in [0.25, 0.3) is 0 Å². The van der Waals surface area contributed by atoms with Gasteiger partial charge in [-0.2, -0.15) is 0 Å². The van der Waals surface area contributed by atoms with E-state index in [1.54, 1.807) is 32.0 Å². The maximum Gasteiger partial charge on any atom is 0.337 e. The predicted molar refractivity (Wildman–Crippen MR) is 101 cm³/mol. The second kappa shape index (κ2) is 7.78. The average molecular weight is 377 g/mol. The Hall–Kier alpha value is -2.54. The standard InChI is InChI=1S/C19H23NO5S/c1-12-9-13(2)18(17(10-12)19(21)22)20-11-14(3)26(23,24)16-7-5-15(25-4)6-8-16/h5-10,14,20H,11H2,1-4H3,(H,21,22). The van der Waals surface area contributed by atoms with E-state index >= 15 is 0 Å². The molecule has 0 aliphatic rings. The quantitative estimate of drug-likeness (QED) is 0.769. The number of benzene rings is 2. The zero-order valence-electron chi connectivity index (χ0n) is 15.2. The molecule has 0 aromatic heterocycles. The van der Waals surface area contributed by atoms with E-state index in [0.717, 1.165) is 11.1 Å². The molecule has 1 unspecified atom stereocenters. The molecule has 1 atom stereocenters. The van der Waals surface area contributed by atoms with Crippen LogP contribution in [0.25, 0.3) is 0 Å². The molecule has 26 heavy (non-hydrogen) atoms.